The summed E-state index contributed by atoms with van der Waals surface area (Å²) in [7, 11) is -2.73. The third-order valence-corrected chi connectivity index (χ3v) is 6.60. The van der Waals surface area contributed by atoms with E-state index in [2.05, 4.69) is 19.2 Å². The topological polar surface area (TPSA) is 102 Å². The minimum Gasteiger partial charge on any atom is -0.497 e. The summed E-state index contributed by atoms with van der Waals surface area (Å²) in [5, 5.41) is 3.30. The highest BCUT2D eigenvalue weighted by atomic mass is 32.2. The van der Waals surface area contributed by atoms with Crippen LogP contribution in [0.15, 0.2) is 66.1 Å². The zero-order chi connectivity index (χ0) is 24.3. The molecule has 2 atom stereocenters. The fourth-order valence-corrected chi connectivity index (χ4v) is 4.91. The second-order valence-electron chi connectivity index (χ2n) is 7.90. The standard InChI is InChI=1S/C24H31NO6S2/c1-18(2)15-23(32-17-20-9-11-21(30-3)12-10-20)22(13-14-33(27,28)29)25-24(26)31-16-19-7-5-4-6-8-19/h4-14,18,22-23H,15-17H2,1-3H3,(H,25,26)(H,27,28,29)/b14-13+. The van der Waals surface area contributed by atoms with Crippen LogP contribution < -0.4 is 10.1 Å². The lowest BCUT2D eigenvalue weighted by molar-refractivity contribution is 0.137. The van der Waals surface area contributed by atoms with Crippen LogP contribution in [0.2, 0.25) is 0 Å². The number of carbonyl (C=O) groups excluding carboxylic acids is 1. The Bertz CT molecular complexity index is 991. The number of amides is 1. The number of ether oxygens (including phenoxy) is 2. The van der Waals surface area contributed by atoms with Crippen molar-refractivity contribution in [3.05, 3.63) is 77.2 Å². The summed E-state index contributed by atoms with van der Waals surface area (Å²) >= 11 is 1.59. The summed E-state index contributed by atoms with van der Waals surface area (Å²) in [6.07, 6.45) is 1.34. The minimum atomic E-state index is -4.34. The molecule has 0 fully saturated rings. The first-order valence-corrected chi connectivity index (χ1v) is 13.1. The molecule has 180 valence electrons. The third-order valence-electron chi connectivity index (χ3n) is 4.68. The van der Waals surface area contributed by atoms with Gasteiger partial charge in [-0.2, -0.15) is 20.2 Å². The Morgan fingerprint density at radius 3 is 2.33 bits per heavy atom. The van der Waals surface area contributed by atoms with Gasteiger partial charge >= 0.3 is 6.09 Å². The Balaban J connectivity index is 2.13. The lowest BCUT2D eigenvalue weighted by atomic mass is 10.0. The number of carbonyl (C=O) groups is 1. The predicted molar refractivity (Wildman–Crippen MR) is 132 cm³/mol. The van der Waals surface area contributed by atoms with E-state index in [4.69, 9.17) is 9.47 Å². The molecule has 2 aromatic carbocycles. The molecule has 2 unspecified atom stereocenters. The average molecular weight is 494 g/mol. The summed E-state index contributed by atoms with van der Waals surface area (Å²) in [6, 6.07) is 16.3. The molecule has 0 saturated heterocycles. The van der Waals surface area contributed by atoms with Crippen molar-refractivity contribution < 1.29 is 27.2 Å². The first kappa shape index (κ1) is 26.8. The van der Waals surface area contributed by atoms with Crippen molar-refractivity contribution >= 4 is 28.0 Å². The number of rotatable bonds is 12. The average Bonchev–Trinajstić information content (AvgIpc) is 2.78. The molecule has 33 heavy (non-hydrogen) atoms. The van der Waals surface area contributed by atoms with Gasteiger partial charge in [-0.05, 0) is 41.7 Å². The Morgan fingerprint density at radius 1 is 1.09 bits per heavy atom. The predicted octanol–water partition coefficient (Wildman–Crippen LogP) is 5.04. The van der Waals surface area contributed by atoms with Crippen molar-refractivity contribution in [3.8, 4) is 5.75 Å². The van der Waals surface area contributed by atoms with E-state index in [1.165, 1.54) is 6.08 Å². The Hall–Kier alpha value is -2.49. The molecule has 0 spiro atoms. The maximum atomic E-state index is 12.5. The number of methoxy groups -OCH3 is 1. The number of thioether (sulfide) groups is 1. The largest absolute Gasteiger partial charge is 0.497 e. The van der Waals surface area contributed by atoms with E-state index in [-0.39, 0.29) is 11.9 Å². The molecule has 2 N–H and O–H groups in total. The molecular formula is C24H31NO6S2. The van der Waals surface area contributed by atoms with Crippen LogP contribution in [0.1, 0.15) is 31.4 Å². The third kappa shape index (κ3) is 10.8. The summed E-state index contributed by atoms with van der Waals surface area (Å²) in [5.41, 5.74) is 1.91. The molecule has 2 aromatic rings. The number of nitrogens with one attached hydrogen (secondary N) is 1. The van der Waals surface area contributed by atoms with Crippen LogP contribution in [-0.2, 0) is 27.2 Å². The van der Waals surface area contributed by atoms with Crippen LogP contribution in [0.25, 0.3) is 0 Å². The first-order chi connectivity index (χ1) is 15.7. The van der Waals surface area contributed by atoms with Crippen LogP contribution in [-0.4, -0.2) is 37.5 Å². The molecule has 0 aliphatic rings. The minimum absolute atomic E-state index is 0.0925. The van der Waals surface area contributed by atoms with E-state index in [0.29, 0.717) is 23.5 Å². The fraction of sp³-hybridized carbons (Fsp3) is 0.375. The SMILES string of the molecule is COc1ccc(CSC(CC(C)C)C(/C=C/S(=O)(=O)O)NC(=O)OCc2ccccc2)cc1. The quantitative estimate of drug-likeness (QED) is 0.399. The molecule has 0 aliphatic heterocycles. The molecule has 0 saturated carbocycles. The van der Waals surface area contributed by atoms with Crippen LogP contribution in [0.3, 0.4) is 0 Å². The van der Waals surface area contributed by atoms with Crippen LogP contribution in [0.5, 0.6) is 5.75 Å². The molecule has 0 aromatic heterocycles. The molecule has 0 aliphatic carbocycles. The first-order valence-electron chi connectivity index (χ1n) is 10.5. The van der Waals surface area contributed by atoms with Gasteiger partial charge in [-0.3, -0.25) is 4.55 Å². The van der Waals surface area contributed by atoms with Gasteiger partial charge in [-0.25, -0.2) is 4.79 Å². The van der Waals surface area contributed by atoms with Crippen molar-refractivity contribution in [3.63, 3.8) is 0 Å². The van der Waals surface area contributed by atoms with Gasteiger partial charge in [0.1, 0.15) is 12.4 Å². The van der Waals surface area contributed by atoms with E-state index in [0.717, 1.165) is 16.9 Å². The van der Waals surface area contributed by atoms with Gasteiger partial charge in [0, 0.05) is 11.0 Å². The zero-order valence-corrected chi connectivity index (χ0v) is 20.6. The van der Waals surface area contributed by atoms with Crippen molar-refractivity contribution in [2.75, 3.05) is 7.11 Å². The van der Waals surface area contributed by atoms with Gasteiger partial charge in [-0.1, -0.05) is 56.3 Å². The highest BCUT2D eigenvalue weighted by Crippen LogP contribution is 2.28. The molecule has 0 radical (unpaired) electrons. The van der Waals surface area contributed by atoms with E-state index in [1.54, 1.807) is 18.9 Å². The van der Waals surface area contributed by atoms with Crippen molar-refractivity contribution in [1.29, 1.82) is 0 Å². The smallest absolute Gasteiger partial charge is 0.407 e. The molecule has 0 heterocycles. The van der Waals surface area contributed by atoms with Gasteiger partial charge in [0.15, 0.2) is 0 Å². The van der Waals surface area contributed by atoms with Gasteiger partial charge < -0.3 is 14.8 Å². The highest BCUT2D eigenvalue weighted by molar-refractivity contribution is 7.99. The maximum absolute atomic E-state index is 12.5. The van der Waals surface area contributed by atoms with Gasteiger partial charge in [-0.15, -0.1) is 0 Å². The van der Waals surface area contributed by atoms with Crippen molar-refractivity contribution in [2.24, 2.45) is 5.92 Å². The molecule has 9 heteroatoms. The Kier molecular flexibility index (Phi) is 10.8. The van der Waals surface area contributed by atoms with E-state index in [9.17, 15) is 17.8 Å². The highest BCUT2D eigenvalue weighted by Gasteiger charge is 2.24. The van der Waals surface area contributed by atoms with Crippen molar-refractivity contribution in [1.82, 2.24) is 5.32 Å². The summed E-state index contributed by atoms with van der Waals surface area (Å²) in [6.45, 7) is 4.20. The number of hydrogen-bond donors (Lipinski definition) is 2. The second-order valence-corrected chi connectivity index (χ2v) is 10.4. The lowest BCUT2D eigenvalue weighted by Gasteiger charge is -2.26. The molecule has 1 amide bonds. The summed E-state index contributed by atoms with van der Waals surface area (Å²) in [5.74, 6) is 1.71. The normalized spacial score (nSPS) is 13.6. The molecule has 0 bridgehead atoms. The van der Waals surface area contributed by atoms with E-state index in [1.807, 2.05) is 54.6 Å². The van der Waals surface area contributed by atoms with Crippen molar-refractivity contribution in [2.45, 2.75) is 43.9 Å². The van der Waals surface area contributed by atoms with E-state index < -0.39 is 22.3 Å². The van der Waals surface area contributed by atoms with Crippen LogP contribution in [0, 0.1) is 5.92 Å². The van der Waals surface area contributed by atoms with Gasteiger partial charge in [0.2, 0.25) is 0 Å². The summed E-state index contributed by atoms with van der Waals surface area (Å²) in [4.78, 5) is 12.5. The van der Waals surface area contributed by atoms with Crippen LogP contribution >= 0.6 is 11.8 Å². The summed E-state index contributed by atoms with van der Waals surface area (Å²) < 4.78 is 42.3. The monoisotopic (exact) mass is 493 g/mol. The Labute approximate surface area is 200 Å². The Morgan fingerprint density at radius 2 is 1.76 bits per heavy atom. The number of alkyl carbamates (subject to hydrolysis) is 1. The van der Waals surface area contributed by atoms with Gasteiger partial charge in [0.25, 0.3) is 10.1 Å². The lowest BCUT2D eigenvalue weighted by Crippen LogP contribution is -2.41. The molecular weight excluding hydrogens is 462 g/mol. The zero-order valence-electron chi connectivity index (χ0n) is 19.0. The number of benzene rings is 2. The molecule has 7 nitrogen and oxygen atoms in total. The van der Waals surface area contributed by atoms with Crippen LogP contribution in [0.4, 0.5) is 4.79 Å². The molecule has 2 rings (SSSR count). The maximum Gasteiger partial charge on any atom is 0.407 e. The van der Waals surface area contributed by atoms with Gasteiger partial charge in [0.05, 0.1) is 18.6 Å². The van der Waals surface area contributed by atoms with E-state index >= 15 is 0 Å². The fourth-order valence-electron chi connectivity index (χ4n) is 3.06. The number of hydrogen-bond acceptors (Lipinski definition) is 6. The second kappa shape index (κ2) is 13.3.